The van der Waals surface area contributed by atoms with Crippen molar-refractivity contribution in [3.63, 3.8) is 0 Å². The lowest BCUT2D eigenvalue weighted by Gasteiger charge is -2.33. The molecule has 2 amide bonds. The predicted octanol–water partition coefficient (Wildman–Crippen LogP) is 5.26. The molecule has 0 saturated heterocycles. The minimum absolute atomic E-state index is 0.150. The summed E-state index contributed by atoms with van der Waals surface area (Å²) in [7, 11) is 0. The molecule has 4 nitrogen and oxygen atoms in total. The van der Waals surface area contributed by atoms with E-state index in [2.05, 4.69) is 5.32 Å². The Morgan fingerprint density at radius 2 is 1.76 bits per heavy atom. The van der Waals surface area contributed by atoms with E-state index in [1.165, 1.54) is 0 Å². The molecule has 29 heavy (non-hydrogen) atoms. The minimum Gasteiger partial charge on any atom is -0.350 e. The Kier molecular flexibility index (Phi) is 8.12. The number of nitrogens with one attached hydrogen (secondary N) is 1. The van der Waals surface area contributed by atoms with Crippen molar-refractivity contribution in [1.82, 2.24) is 10.2 Å². The summed E-state index contributed by atoms with van der Waals surface area (Å²) >= 11 is 12.4. The third-order valence-electron chi connectivity index (χ3n) is 4.43. The van der Waals surface area contributed by atoms with Gasteiger partial charge >= 0.3 is 0 Å². The predicted molar refractivity (Wildman–Crippen MR) is 119 cm³/mol. The van der Waals surface area contributed by atoms with Crippen molar-refractivity contribution >= 4 is 35.0 Å². The molecule has 0 aliphatic carbocycles. The molecule has 1 N–H and O–H groups in total. The molecule has 1 unspecified atom stereocenters. The highest BCUT2D eigenvalue weighted by Crippen LogP contribution is 2.21. The quantitative estimate of drug-likeness (QED) is 0.645. The molecule has 0 spiro atoms. The first-order valence-corrected chi connectivity index (χ1v) is 10.5. The van der Waals surface area contributed by atoms with Crippen LogP contribution < -0.4 is 5.32 Å². The van der Waals surface area contributed by atoms with Crippen LogP contribution >= 0.6 is 23.2 Å². The lowest BCUT2D eigenvalue weighted by molar-refractivity contribution is -0.141. The van der Waals surface area contributed by atoms with Crippen molar-refractivity contribution < 1.29 is 9.59 Å². The maximum absolute atomic E-state index is 13.3. The lowest BCUT2D eigenvalue weighted by Crippen LogP contribution is -2.53. The molecule has 0 aromatic heterocycles. The van der Waals surface area contributed by atoms with Crippen LogP contribution in [0.25, 0.3) is 0 Å². The molecule has 0 aliphatic heterocycles. The van der Waals surface area contributed by atoms with Crippen LogP contribution in [0.2, 0.25) is 10.0 Å². The summed E-state index contributed by atoms with van der Waals surface area (Å²) in [4.78, 5) is 27.8. The van der Waals surface area contributed by atoms with Gasteiger partial charge in [-0.15, -0.1) is 0 Å². The number of hydrogen-bond acceptors (Lipinski definition) is 2. The van der Waals surface area contributed by atoms with Crippen molar-refractivity contribution in [2.75, 3.05) is 0 Å². The third-order valence-corrected chi connectivity index (χ3v) is 5.03. The van der Waals surface area contributed by atoms with E-state index in [0.717, 1.165) is 11.1 Å². The van der Waals surface area contributed by atoms with E-state index < -0.39 is 11.6 Å². The Morgan fingerprint density at radius 3 is 2.34 bits per heavy atom. The van der Waals surface area contributed by atoms with Crippen LogP contribution in [0.1, 0.15) is 45.2 Å². The molecular weight excluding hydrogens is 407 g/mol. The van der Waals surface area contributed by atoms with Gasteiger partial charge in [0.05, 0.1) is 6.42 Å². The molecule has 0 fully saturated rings. The summed E-state index contributed by atoms with van der Waals surface area (Å²) in [5.74, 6) is -0.324. The first-order valence-electron chi connectivity index (χ1n) is 9.70. The standard InChI is InChI=1S/C23H28Cl2N2O2/c1-5-20(22(29)26-23(2,3)4)27(15-17-10-6-7-12-19(17)25)21(28)14-16-9-8-11-18(24)13-16/h6-13,20H,5,14-15H2,1-4H3,(H,26,29). The second-order valence-electron chi connectivity index (χ2n) is 8.08. The minimum atomic E-state index is -0.600. The molecule has 156 valence electrons. The number of rotatable bonds is 7. The normalized spacial score (nSPS) is 12.3. The lowest BCUT2D eigenvalue weighted by atomic mass is 10.0. The molecule has 1 atom stereocenters. The van der Waals surface area contributed by atoms with Gasteiger partial charge < -0.3 is 10.2 Å². The van der Waals surface area contributed by atoms with Crippen molar-refractivity contribution in [1.29, 1.82) is 0 Å². The maximum Gasteiger partial charge on any atom is 0.243 e. The Labute approximate surface area is 183 Å². The highest BCUT2D eigenvalue weighted by atomic mass is 35.5. The number of halogens is 2. The first-order chi connectivity index (χ1) is 13.6. The van der Waals surface area contributed by atoms with Gasteiger partial charge in [-0.1, -0.05) is 60.5 Å². The number of carbonyl (C=O) groups is 2. The average Bonchev–Trinajstić information content (AvgIpc) is 2.61. The molecule has 2 aromatic rings. The first kappa shape index (κ1) is 23.2. The third kappa shape index (κ3) is 7.06. The molecule has 2 aromatic carbocycles. The van der Waals surface area contributed by atoms with Gasteiger partial charge in [0, 0.05) is 22.1 Å². The summed E-state index contributed by atoms with van der Waals surface area (Å²) in [6.07, 6.45) is 0.651. The van der Waals surface area contributed by atoms with E-state index in [1.54, 1.807) is 23.1 Å². The van der Waals surface area contributed by atoms with Crippen LogP contribution in [0, 0.1) is 0 Å². The van der Waals surface area contributed by atoms with Crippen molar-refractivity contribution in [3.05, 3.63) is 69.7 Å². The monoisotopic (exact) mass is 434 g/mol. The Hall–Kier alpha value is -2.04. The Balaban J connectivity index is 2.34. The SMILES string of the molecule is CCC(C(=O)NC(C)(C)C)N(Cc1ccccc1Cl)C(=O)Cc1cccc(Cl)c1. The summed E-state index contributed by atoms with van der Waals surface area (Å²) in [6.45, 7) is 7.92. The zero-order chi connectivity index (χ0) is 21.6. The Morgan fingerprint density at radius 1 is 1.07 bits per heavy atom. The van der Waals surface area contributed by atoms with Crippen LogP contribution in [-0.4, -0.2) is 28.3 Å². The average molecular weight is 435 g/mol. The fourth-order valence-corrected chi connectivity index (χ4v) is 3.51. The van der Waals surface area contributed by atoms with E-state index in [0.29, 0.717) is 16.5 Å². The van der Waals surface area contributed by atoms with Gasteiger partial charge in [-0.25, -0.2) is 0 Å². The van der Waals surface area contributed by atoms with Gasteiger partial charge in [-0.2, -0.15) is 0 Å². The van der Waals surface area contributed by atoms with Gasteiger partial charge in [0.2, 0.25) is 11.8 Å². The van der Waals surface area contributed by atoms with E-state index >= 15 is 0 Å². The molecule has 2 rings (SSSR count). The molecular formula is C23H28Cl2N2O2. The smallest absolute Gasteiger partial charge is 0.243 e. The molecule has 0 bridgehead atoms. The van der Waals surface area contributed by atoms with Crippen molar-refractivity contribution in [2.45, 2.75) is 58.7 Å². The number of benzene rings is 2. The summed E-state index contributed by atoms with van der Waals surface area (Å²) in [5.41, 5.74) is 1.21. The molecule has 6 heteroatoms. The van der Waals surface area contributed by atoms with E-state index in [4.69, 9.17) is 23.2 Å². The maximum atomic E-state index is 13.3. The highest BCUT2D eigenvalue weighted by Gasteiger charge is 2.31. The molecule has 0 saturated carbocycles. The summed E-state index contributed by atoms with van der Waals surface area (Å²) in [5, 5.41) is 4.14. The summed E-state index contributed by atoms with van der Waals surface area (Å²) in [6, 6.07) is 14.0. The van der Waals surface area contributed by atoms with Crippen LogP contribution in [0.3, 0.4) is 0 Å². The van der Waals surface area contributed by atoms with E-state index in [1.807, 2.05) is 58.0 Å². The Bertz CT molecular complexity index is 862. The largest absolute Gasteiger partial charge is 0.350 e. The van der Waals surface area contributed by atoms with Gasteiger partial charge in [0.15, 0.2) is 0 Å². The van der Waals surface area contributed by atoms with Crippen molar-refractivity contribution in [3.8, 4) is 0 Å². The zero-order valence-electron chi connectivity index (χ0n) is 17.3. The van der Waals surface area contributed by atoms with Crippen LogP contribution in [-0.2, 0) is 22.6 Å². The van der Waals surface area contributed by atoms with Gasteiger partial charge in [-0.05, 0) is 56.5 Å². The van der Waals surface area contributed by atoms with Gasteiger partial charge in [0.1, 0.15) is 6.04 Å². The van der Waals surface area contributed by atoms with Crippen LogP contribution in [0.15, 0.2) is 48.5 Å². The number of nitrogens with zero attached hydrogens (tertiary/aromatic N) is 1. The summed E-state index contributed by atoms with van der Waals surface area (Å²) < 4.78 is 0. The topological polar surface area (TPSA) is 49.4 Å². The number of amides is 2. The van der Waals surface area contributed by atoms with Crippen LogP contribution in [0.4, 0.5) is 0 Å². The number of hydrogen-bond donors (Lipinski definition) is 1. The second kappa shape index (κ2) is 10.1. The molecule has 0 aliphatic rings. The fraction of sp³-hybridized carbons (Fsp3) is 0.391. The zero-order valence-corrected chi connectivity index (χ0v) is 18.8. The van der Waals surface area contributed by atoms with E-state index in [9.17, 15) is 9.59 Å². The van der Waals surface area contributed by atoms with Gasteiger partial charge in [-0.3, -0.25) is 9.59 Å². The molecule has 0 radical (unpaired) electrons. The number of carbonyl (C=O) groups excluding carboxylic acids is 2. The second-order valence-corrected chi connectivity index (χ2v) is 8.93. The van der Waals surface area contributed by atoms with Gasteiger partial charge in [0.25, 0.3) is 0 Å². The highest BCUT2D eigenvalue weighted by molar-refractivity contribution is 6.31. The molecule has 0 heterocycles. The van der Waals surface area contributed by atoms with Crippen molar-refractivity contribution in [2.24, 2.45) is 0 Å². The van der Waals surface area contributed by atoms with E-state index in [-0.39, 0.29) is 24.8 Å². The fourth-order valence-electron chi connectivity index (χ4n) is 3.11. The van der Waals surface area contributed by atoms with Crippen LogP contribution in [0.5, 0.6) is 0 Å².